The minimum absolute atomic E-state index is 0.0334. The van der Waals surface area contributed by atoms with Crippen LogP contribution in [0.2, 0.25) is 0 Å². The number of ether oxygens (including phenoxy) is 2. The van der Waals surface area contributed by atoms with Crippen molar-refractivity contribution in [1.29, 1.82) is 0 Å². The van der Waals surface area contributed by atoms with Crippen LogP contribution in [-0.4, -0.2) is 60.6 Å². The normalized spacial score (nSPS) is 17.1. The van der Waals surface area contributed by atoms with Gasteiger partial charge in [-0.15, -0.1) is 0 Å². The Morgan fingerprint density at radius 3 is 2.68 bits per heavy atom. The molecular weight excluding hydrogens is 468 g/mol. The van der Waals surface area contributed by atoms with E-state index in [9.17, 15) is 9.59 Å². The van der Waals surface area contributed by atoms with Crippen molar-refractivity contribution in [3.8, 4) is 5.75 Å². The molecule has 3 aromatic rings. The van der Waals surface area contributed by atoms with Crippen LogP contribution in [0, 0.1) is 5.92 Å². The van der Waals surface area contributed by atoms with Gasteiger partial charge in [-0.2, -0.15) is 0 Å². The third kappa shape index (κ3) is 7.13. The van der Waals surface area contributed by atoms with Crippen molar-refractivity contribution >= 4 is 22.8 Å². The summed E-state index contributed by atoms with van der Waals surface area (Å²) in [5, 5.41) is 0.965. The zero-order chi connectivity index (χ0) is 26.6. The summed E-state index contributed by atoms with van der Waals surface area (Å²) in [5.41, 5.74) is 2.14. The van der Waals surface area contributed by atoms with Gasteiger partial charge < -0.3 is 23.7 Å². The van der Waals surface area contributed by atoms with Crippen LogP contribution in [0.1, 0.15) is 51.3 Å². The van der Waals surface area contributed by atoms with E-state index < -0.39 is 11.6 Å². The zero-order valence-electron chi connectivity index (χ0n) is 22.5. The number of rotatable bonds is 9. The monoisotopic (exact) mass is 506 g/mol. The van der Waals surface area contributed by atoms with Crippen molar-refractivity contribution in [2.45, 2.75) is 52.2 Å². The van der Waals surface area contributed by atoms with Crippen molar-refractivity contribution in [2.24, 2.45) is 5.92 Å². The molecule has 1 aliphatic heterocycles. The summed E-state index contributed by atoms with van der Waals surface area (Å²) in [4.78, 5) is 30.0. The molecule has 0 N–H and O–H groups in total. The Bertz CT molecular complexity index is 1230. The average Bonchev–Trinajstić information content (AvgIpc) is 3.49. The smallest absolute Gasteiger partial charge is 0.344 e. The third-order valence-corrected chi connectivity index (χ3v) is 6.75. The van der Waals surface area contributed by atoms with Gasteiger partial charge in [0.25, 0.3) is 0 Å². The molecular formula is C30H38N2O5. The Labute approximate surface area is 219 Å². The molecule has 198 valence electrons. The number of hydrogen-bond donors (Lipinski definition) is 0. The first-order chi connectivity index (χ1) is 17.6. The number of hydrogen-bond acceptors (Lipinski definition) is 6. The number of likely N-dealkylation sites (N-methyl/N-ethyl adjacent to an activating group) is 1. The second kappa shape index (κ2) is 11.4. The fraction of sp³-hybridized carbons (Fsp3) is 0.467. The molecule has 1 amide bonds. The van der Waals surface area contributed by atoms with Gasteiger partial charge in [0.15, 0.2) is 6.61 Å². The van der Waals surface area contributed by atoms with Crippen LogP contribution in [0.4, 0.5) is 0 Å². The lowest BCUT2D eigenvalue weighted by Crippen LogP contribution is -2.39. The highest BCUT2D eigenvalue weighted by Crippen LogP contribution is 2.29. The first-order valence-corrected chi connectivity index (χ1v) is 13.0. The third-order valence-electron chi connectivity index (χ3n) is 6.75. The maximum atomic E-state index is 13.5. The molecule has 0 bridgehead atoms. The Morgan fingerprint density at radius 2 is 1.95 bits per heavy atom. The average molecular weight is 507 g/mol. The summed E-state index contributed by atoms with van der Waals surface area (Å²) in [6, 6.07) is 15.2. The van der Waals surface area contributed by atoms with E-state index in [4.69, 9.17) is 13.9 Å². The molecule has 1 aliphatic rings. The zero-order valence-corrected chi connectivity index (χ0v) is 22.5. The van der Waals surface area contributed by atoms with Gasteiger partial charge in [0.1, 0.15) is 16.9 Å². The number of esters is 1. The SMILES string of the molecule is CC1CCN(C[C@H](c2cccc(OCC(=O)OC(C)(C)C)c2)N(C)C(=O)Cc2cccc3occc23)C1. The van der Waals surface area contributed by atoms with E-state index in [2.05, 4.69) is 11.8 Å². The lowest BCUT2D eigenvalue weighted by Gasteiger charge is -2.32. The number of nitrogens with zero attached hydrogens (tertiary/aromatic N) is 2. The maximum Gasteiger partial charge on any atom is 0.344 e. The predicted molar refractivity (Wildman–Crippen MR) is 143 cm³/mol. The highest BCUT2D eigenvalue weighted by molar-refractivity contribution is 5.87. The largest absolute Gasteiger partial charge is 0.482 e. The maximum absolute atomic E-state index is 13.5. The standard InChI is InChI=1S/C30H38N2O5/c1-21-12-14-32(18-21)19-26(23-9-6-10-24(16-23)36-20-29(34)37-30(2,3)4)31(5)28(33)17-22-8-7-11-27-25(22)13-15-35-27/h6-11,13,15-16,21,26H,12,14,17-20H2,1-5H3/t21?,26-/m1/s1. The fourth-order valence-corrected chi connectivity index (χ4v) is 4.89. The summed E-state index contributed by atoms with van der Waals surface area (Å²) in [7, 11) is 1.87. The van der Waals surface area contributed by atoms with Crippen molar-refractivity contribution in [3.05, 3.63) is 65.9 Å². The van der Waals surface area contributed by atoms with Crippen LogP contribution in [0.15, 0.2) is 59.2 Å². The Kier molecular flexibility index (Phi) is 8.22. The van der Waals surface area contributed by atoms with Gasteiger partial charge >= 0.3 is 5.97 Å². The summed E-state index contributed by atoms with van der Waals surface area (Å²) < 4.78 is 16.6. The van der Waals surface area contributed by atoms with Gasteiger partial charge in [0.05, 0.1) is 18.7 Å². The van der Waals surface area contributed by atoms with Crippen LogP contribution in [0.3, 0.4) is 0 Å². The first-order valence-electron chi connectivity index (χ1n) is 13.0. The van der Waals surface area contributed by atoms with Crippen LogP contribution in [0.5, 0.6) is 5.75 Å². The van der Waals surface area contributed by atoms with E-state index in [0.717, 1.165) is 48.2 Å². The lowest BCUT2D eigenvalue weighted by atomic mass is 10.0. The number of furan rings is 1. The van der Waals surface area contributed by atoms with Gasteiger partial charge in [0.2, 0.25) is 5.91 Å². The molecule has 0 radical (unpaired) electrons. The molecule has 7 nitrogen and oxygen atoms in total. The number of benzene rings is 2. The molecule has 1 unspecified atom stereocenters. The van der Waals surface area contributed by atoms with Gasteiger partial charge in [-0.25, -0.2) is 4.79 Å². The molecule has 0 saturated carbocycles. The fourth-order valence-electron chi connectivity index (χ4n) is 4.89. The van der Waals surface area contributed by atoms with Crippen LogP contribution in [-0.2, 0) is 20.7 Å². The van der Waals surface area contributed by atoms with Crippen LogP contribution < -0.4 is 4.74 Å². The van der Waals surface area contributed by atoms with Gasteiger partial charge in [-0.05, 0) is 75.0 Å². The van der Waals surface area contributed by atoms with Crippen molar-refractivity contribution in [3.63, 3.8) is 0 Å². The highest BCUT2D eigenvalue weighted by Gasteiger charge is 2.28. The second-order valence-electron chi connectivity index (χ2n) is 11.0. The molecule has 0 aliphatic carbocycles. The lowest BCUT2D eigenvalue weighted by molar-refractivity contribution is -0.157. The number of carbonyl (C=O) groups excluding carboxylic acids is 2. The summed E-state index contributed by atoms with van der Waals surface area (Å²) >= 11 is 0. The number of likely N-dealkylation sites (tertiary alicyclic amines) is 1. The van der Waals surface area contributed by atoms with E-state index in [1.54, 1.807) is 6.26 Å². The first kappa shape index (κ1) is 26.7. The molecule has 0 spiro atoms. The quantitative estimate of drug-likeness (QED) is 0.370. The molecule has 1 fully saturated rings. The molecule has 37 heavy (non-hydrogen) atoms. The molecule has 4 rings (SSSR count). The second-order valence-corrected chi connectivity index (χ2v) is 11.0. The summed E-state index contributed by atoms with van der Waals surface area (Å²) in [6.45, 7) is 10.3. The number of carbonyl (C=O) groups is 2. The molecule has 2 heterocycles. The molecule has 2 atom stereocenters. The molecule has 1 aromatic heterocycles. The number of amides is 1. The minimum atomic E-state index is -0.565. The van der Waals surface area contributed by atoms with Crippen molar-refractivity contribution in [2.75, 3.05) is 33.3 Å². The summed E-state index contributed by atoms with van der Waals surface area (Å²) in [6.07, 6.45) is 3.10. The van der Waals surface area contributed by atoms with E-state index in [1.807, 2.05) is 81.2 Å². The van der Waals surface area contributed by atoms with Crippen molar-refractivity contribution in [1.82, 2.24) is 9.80 Å². The topological polar surface area (TPSA) is 72.2 Å². The van der Waals surface area contributed by atoms with Crippen LogP contribution >= 0.6 is 0 Å². The van der Waals surface area contributed by atoms with E-state index in [0.29, 0.717) is 11.7 Å². The predicted octanol–water partition coefficient (Wildman–Crippen LogP) is 5.24. The summed E-state index contributed by atoms with van der Waals surface area (Å²) in [5.74, 6) is 0.836. The van der Waals surface area contributed by atoms with E-state index in [-0.39, 0.29) is 25.0 Å². The number of fused-ring (bicyclic) bond motifs is 1. The Hall–Kier alpha value is -3.32. The van der Waals surface area contributed by atoms with Crippen LogP contribution in [0.25, 0.3) is 11.0 Å². The Balaban J connectivity index is 1.52. The van der Waals surface area contributed by atoms with E-state index >= 15 is 0 Å². The Morgan fingerprint density at radius 1 is 1.16 bits per heavy atom. The molecule has 2 aromatic carbocycles. The molecule has 1 saturated heterocycles. The van der Waals surface area contributed by atoms with Crippen molar-refractivity contribution < 1.29 is 23.5 Å². The van der Waals surface area contributed by atoms with Gasteiger partial charge in [-0.1, -0.05) is 31.2 Å². The van der Waals surface area contributed by atoms with Gasteiger partial charge in [0, 0.05) is 25.5 Å². The minimum Gasteiger partial charge on any atom is -0.482 e. The van der Waals surface area contributed by atoms with Gasteiger partial charge in [-0.3, -0.25) is 4.79 Å². The van der Waals surface area contributed by atoms with E-state index in [1.165, 1.54) is 0 Å². The molecule has 7 heteroatoms. The highest BCUT2D eigenvalue weighted by atomic mass is 16.6.